The molecule has 0 radical (unpaired) electrons. The standard InChI is InChI=1S/C11H13NO2.C10H11N3O7S2.CH4.ClH.2Na/c1-9(13)7-11(14)12-8-10-5-3-2-4-6-10;11-12-7-5-10(22(17,18)19)8(6-9(7)21(14,15)16)13-1-3-20-4-2-13;;;;/h2-6H,7-8H2,1H3,(H,12,14);5-6H,1-4H2,(H-,14,15,16,17,18,19);1H4;1H;;/q;;;;2*+1/p-2. The van der Waals surface area contributed by atoms with E-state index in [0.29, 0.717) is 12.6 Å². The molecule has 210 valence electrons. The van der Waals surface area contributed by atoms with Crippen LogP contribution in [0.5, 0.6) is 0 Å². The molecular formula is C22H27ClN4Na2O9S2. The Morgan fingerprint density at radius 3 is 1.98 bits per heavy atom. The van der Waals surface area contributed by atoms with Crippen molar-refractivity contribution in [1.82, 2.24) is 5.32 Å². The van der Waals surface area contributed by atoms with Gasteiger partial charge in [0.2, 0.25) is 11.3 Å². The average Bonchev–Trinajstić information content (AvgIpc) is 2.82. The van der Waals surface area contributed by atoms with E-state index >= 15 is 0 Å². The largest absolute Gasteiger partial charge is 1.00 e. The molecule has 1 saturated heterocycles. The normalized spacial score (nSPS) is 12.3. The molecule has 1 amide bonds. The monoisotopic (exact) mass is 636 g/mol. The number of carbonyl (C=O) groups excluding carboxylic acids is 2. The van der Waals surface area contributed by atoms with E-state index in [0.717, 1.165) is 11.6 Å². The molecule has 0 aromatic heterocycles. The van der Waals surface area contributed by atoms with Crippen LogP contribution in [0.3, 0.4) is 0 Å². The number of rotatable bonds is 7. The zero-order valence-corrected chi connectivity index (χ0v) is 27.9. The fourth-order valence-electron chi connectivity index (χ4n) is 3.15. The van der Waals surface area contributed by atoms with E-state index in [9.17, 15) is 35.5 Å². The van der Waals surface area contributed by atoms with Crippen molar-refractivity contribution in [2.75, 3.05) is 31.2 Å². The summed E-state index contributed by atoms with van der Waals surface area (Å²) in [5.74, 6) is -0.336. The molecule has 0 atom stereocenters. The van der Waals surface area contributed by atoms with Crippen LogP contribution in [0, 0.1) is 5.39 Å². The number of ketones is 1. The van der Waals surface area contributed by atoms with Crippen molar-refractivity contribution in [3.63, 3.8) is 0 Å². The average molecular weight is 637 g/mol. The Morgan fingerprint density at radius 1 is 1.00 bits per heavy atom. The number of carbonyl (C=O) groups is 2. The van der Waals surface area contributed by atoms with Crippen LogP contribution in [0.2, 0.25) is 0 Å². The number of Topliss-reactive ketones (excluding diaryl/α,β-unsaturated/α-hetero) is 1. The molecule has 1 fully saturated rings. The van der Waals surface area contributed by atoms with Gasteiger partial charge in [0.05, 0.1) is 36.3 Å². The molecule has 0 saturated carbocycles. The molecule has 1 heterocycles. The third-order valence-electron chi connectivity index (χ3n) is 4.78. The number of nitrogens with one attached hydrogen (secondary N) is 1. The first kappa shape index (κ1) is 43.3. The number of anilines is 1. The fourth-order valence-corrected chi connectivity index (χ4v) is 4.47. The van der Waals surface area contributed by atoms with E-state index in [1.807, 2.05) is 30.3 Å². The molecule has 1 aliphatic rings. The maximum atomic E-state index is 11.4. The number of benzene rings is 2. The molecular weight excluding hydrogens is 610 g/mol. The Hall–Kier alpha value is -1.13. The molecule has 1 aliphatic heterocycles. The van der Waals surface area contributed by atoms with Gasteiger partial charge in [-0.1, -0.05) is 37.8 Å². The summed E-state index contributed by atoms with van der Waals surface area (Å²) in [5, 5.41) is 11.4. The van der Waals surface area contributed by atoms with Crippen LogP contribution in [0.25, 0.3) is 4.98 Å². The quantitative estimate of drug-likeness (QED) is 0.131. The first-order chi connectivity index (χ1) is 16.8. The molecule has 2 aromatic carbocycles. The summed E-state index contributed by atoms with van der Waals surface area (Å²) < 4.78 is 72.8. The van der Waals surface area contributed by atoms with Crippen LogP contribution < -0.4 is 81.7 Å². The van der Waals surface area contributed by atoms with Gasteiger partial charge in [-0.15, -0.1) is 0 Å². The predicted molar refractivity (Wildman–Crippen MR) is 130 cm³/mol. The summed E-state index contributed by atoms with van der Waals surface area (Å²) in [7, 11) is -10.0. The van der Waals surface area contributed by atoms with Crippen LogP contribution in [-0.2, 0) is 41.1 Å². The van der Waals surface area contributed by atoms with Gasteiger partial charge in [-0.25, -0.2) is 16.8 Å². The maximum absolute atomic E-state index is 11.4. The van der Waals surface area contributed by atoms with E-state index in [1.54, 1.807) is 0 Å². The summed E-state index contributed by atoms with van der Waals surface area (Å²) in [4.78, 5) is 24.0. The van der Waals surface area contributed by atoms with Crippen molar-refractivity contribution >= 4 is 43.3 Å². The molecule has 1 N–H and O–H groups in total. The summed E-state index contributed by atoms with van der Waals surface area (Å²) in [6.45, 7) is 2.77. The summed E-state index contributed by atoms with van der Waals surface area (Å²) in [5.41, 5.74) is -0.00837. The van der Waals surface area contributed by atoms with Gasteiger partial charge in [0, 0.05) is 19.6 Å². The van der Waals surface area contributed by atoms with E-state index in [-0.39, 0.29) is 129 Å². The summed E-state index contributed by atoms with van der Waals surface area (Å²) >= 11 is 0. The number of hydrogen-bond acceptors (Lipinski definition) is 11. The Bertz CT molecular complexity index is 1370. The minimum absolute atomic E-state index is 0. The van der Waals surface area contributed by atoms with Crippen LogP contribution in [0.1, 0.15) is 26.3 Å². The number of diazo groups is 1. The van der Waals surface area contributed by atoms with Crippen molar-refractivity contribution in [2.24, 2.45) is 0 Å². The minimum atomic E-state index is -5.03. The topological polar surface area (TPSA) is 201 Å². The molecule has 3 rings (SSSR count). The molecule has 40 heavy (non-hydrogen) atoms. The second-order valence-corrected chi connectivity index (χ2v) is 10.2. The second-order valence-electron chi connectivity index (χ2n) is 7.54. The Balaban J connectivity index is -0.000000672. The number of halogens is 1. The van der Waals surface area contributed by atoms with Crippen LogP contribution in [0.4, 0.5) is 11.4 Å². The predicted octanol–water partition coefficient (Wildman–Crippen LogP) is -7.25. The Morgan fingerprint density at radius 2 is 1.52 bits per heavy atom. The van der Waals surface area contributed by atoms with E-state index < -0.39 is 35.7 Å². The zero-order chi connectivity index (χ0) is 26.9. The van der Waals surface area contributed by atoms with Crippen LogP contribution in [0.15, 0.2) is 52.3 Å². The van der Waals surface area contributed by atoms with Crippen molar-refractivity contribution in [3.8, 4) is 0 Å². The van der Waals surface area contributed by atoms with Gasteiger partial charge in [0.1, 0.15) is 26.0 Å². The number of ether oxygens (including phenoxy) is 1. The van der Waals surface area contributed by atoms with Crippen molar-refractivity contribution in [3.05, 3.63) is 53.0 Å². The first-order valence-electron chi connectivity index (χ1n) is 10.4. The molecule has 2 aromatic rings. The van der Waals surface area contributed by atoms with E-state index in [4.69, 9.17) is 10.1 Å². The molecule has 13 nitrogen and oxygen atoms in total. The minimum Gasteiger partial charge on any atom is -1.00 e. The fraction of sp³-hybridized carbons (Fsp3) is 0.364. The third-order valence-corrected chi connectivity index (χ3v) is 6.51. The van der Waals surface area contributed by atoms with Crippen molar-refractivity contribution in [2.45, 2.75) is 37.1 Å². The molecule has 0 bridgehead atoms. The van der Waals surface area contributed by atoms with Crippen molar-refractivity contribution in [1.29, 1.82) is 5.39 Å². The Labute approximate surface area is 284 Å². The molecule has 0 spiro atoms. The number of nitrogens with zero attached hydrogens (tertiary/aromatic N) is 3. The number of morpholine rings is 1. The van der Waals surface area contributed by atoms with Gasteiger partial charge in [-0.3, -0.25) is 9.59 Å². The summed E-state index contributed by atoms with van der Waals surface area (Å²) in [6, 6.07) is 10.9. The van der Waals surface area contributed by atoms with Crippen LogP contribution >= 0.6 is 0 Å². The third kappa shape index (κ3) is 14.2. The SMILES string of the molecule is C.CC(=O)CC(=O)NCc1ccccc1.N#[N+]c1cc(S(=O)(=O)[O-])c(N2CCOCC2)cc1S(=O)(=O)[O-].[Cl-].[Na+].[Na+]. The summed E-state index contributed by atoms with van der Waals surface area (Å²) in [6.07, 6.45) is -0.0349. The first-order valence-corrected chi connectivity index (χ1v) is 13.2. The van der Waals surface area contributed by atoms with E-state index in [1.165, 1.54) is 11.8 Å². The second kappa shape index (κ2) is 19.9. The number of amides is 1. The van der Waals surface area contributed by atoms with Crippen LogP contribution in [-0.4, -0.2) is 63.9 Å². The van der Waals surface area contributed by atoms with Crippen molar-refractivity contribution < 1.29 is 112 Å². The van der Waals surface area contributed by atoms with E-state index in [2.05, 4.69) is 10.3 Å². The number of hydrogen-bond donors (Lipinski definition) is 1. The van der Waals surface area contributed by atoms with Gasteiger partial charge in [-0.2, -0.15) is 0 Å². The van der Waals surface area contributed by atoms with Gasteiger partial charge >= 0.3 is 64.8 Å². The van der Waals surface area contributed by atoms with Gasteiger partial charge in [0.25, 0.3) is 0 Å². The molecule has 18 heteroatoms. The van der Waals surface area contributed by atoms with Gasteiger partial charge < -0.3 is 36.5 Å². The maximum Gasteiger partial charge on any atom is 1.00 e. The smallest absolute Gasteiger partial charge is 1.00 e. The zero-order valence-electron chi connectivity index (χ0n) is 21.5. The van der Waals surface area contributed by atoms with Gasteiger partial charge in [0.15, 0.2) is 9.87 Å². The Kier molecular flexibility index (Phi) is 21.5. The molecule has 0 unspecified atom stereocenters. The van der Waals surface area contributed by atoms with Gasteiger partial charge in [-0.05, 0) is 18.6 Å². The molecule has 0 aliphatic carbocycles.